The molecule has 2 aliphatic rings. The van der Waals surface area contributed by atoms with E-state index in [0.29, 0.717) is 13.0 Å². The van der Waals surface area contributed by atoms with Crippen molar-refractivity contribution in [3.8, 4) is 0 Å². The van der Waals surface area contributed by atoms with Crippen molar-refractivity contribution < 1.29 is 37.0 Å². The molecule has 1 atom stereocenters. The number of carboxylic acid groups (broad SMARTS) is 1. The summed E-state index contributed by atoms with van der Waals surface area (Å²) in [5.41, 5.74) is 0.277. The van der Waals surface area contributed by atoms with Crippen molar-refractivity contribution in [3.63, 3.8) is 0 Å². The highest BCUT2D eigenvalue weighted by Gasteiger charge is 2.45. The van der Waals surface area contributed by atoms with Crippen molar-refractivity contribution in [3.05, 3.63) is 29.6 Å². The zero-order chi connectivity index (χ0) is 17.3. The third kappa shape index (κ3) is 3.52. The number of hydrogen-bond donors (Lipinski definition) is 3. The first-order chi connectivity index (χ1) is 10.7. The molecule has 1 aromatic rings. The number of alkyl halides is 3. The number of carbonyl (C=O) groups excluding carboxylic acids is 1. The summed E-state index contributed by atoms with van der Waals surface area (Å²) < 4.78 is 50.7. The van der Waals surface area contributed by atoms with Gasteiger partial charge in [-0.1, -0.05) is 12.1 Å². The van der Waals surface area contributed by atoms with E-state index < -0.39 is 29.7 Å². The van der Waals surface area contributed by atoms with Crippen molar-refractivity contribution in [2.45, 2.75) is 18.2 Å². The molecule has 6 nitrogen and oxygen atoms in total. The molecular formula is C13H12F4N2O4. The zero-order valence-electron chi connectivity index (χ0n) is 11.5. The minimum Gasteiger partial charge on any atom is -0.475 e. The lowest BCUT2D eigenvalue weighted by Crippen LogP contribution is -2.41. The van der Waals surface area contributed by atoms with Crippen LogP contribution in [0.3, 0.4) is 0 Å². The van der Waals surface area contributed by atoms with Crippen molar-refractivity contribution in [2.75, 3.05) is 18.4 Å². The molecule has 23 heavy (non-hydrogen) atoms. The average molecular weight is 336 g/mol. The van der Waals surface area contributed by atoms with Crippen LogP contribution in [-0.4, -0.2) is 36.4 Å². The van der Waals surface area contributed by atoms with Crippen LogP contribution in [0.4, 0.5) is 28.0 Å². The van der Waals surface area contributed by atoms with Crippen LogP contribution in [0.25, 0.3) is 0 Å². The first-order valence-corrected chi connectivity index (χ1v) is 6.45. The topological polar surface area (TPSA) is 87.7 Å². The van der Waals surface area contributed by atoms with E-state index in [1.807, 2.05) is 0 Å². The van der Waals surface area contributed by atoms with Gasteiger partial charge in [0.1, 0.15) is 5.82 Å². The molecule has 0 radical (unpaired) electrons. The molecule has 1 amide bonds. The molecule has 1 saturated heterocycles. The van der Waals surface area contributed by atoms with Gasteiger partial charge in [0.25, 0.3) is 0 Å². The monoisotopic (exact) mass is 336 g/mol. The van der Waals surface area contributed by atoms with E-state index in [1.54, 1.807) is 12.1 Å². The van der Waals surface area contributed by atoms with Crippen LogP contribution in [-0.2, 0) is 15.1 Å². The maximum atomic E-state index is 13.6. The largest absolute Gasteiger partial charge is 0.490 e. The van der Waals surface area contributed by atoms with Gasteiger partial charge in [-0.25, -0.2) is 14.0 Å². The summed E-state index contributed by atoms with van der Waals surface area (Å²) in [6, 6.07) is 4.76. The molecular weight excluding hydrogens is 324 g/mol. The summed E-state index contributed by atoms with van der Waals surface area (Å²) in [6.07, 6.45) is -4.99. The van der Waals surface area contributed by atoms with Crippen LogP contribution in [0.2, 0.25) is 0 Å². The third-order valence-corrected chi connectivity index (χ3v) is 3.38. The lowest BCUT2D eigenvalue weighted by molar-refractivity contribution is -0.192. The van der Waals surface area contributed by atoms with Gasteiger partial charge in [-0.2, -0.15) is 13.2 Å². The van der Waals surface area contributed by atoms with Gasteiger partial charge in [-0.15, -0.1) is 0 Å². The Bertz CT molecular complexity index is 627. The molecule has 1 unspecified atom stereocenters. The van der Waals surface area contributed by atoms with Crippen molar-refractivity contribution in [1.29, 1.82) is 0 Å². The fourth-order valence-corrected chi connectivity index (χ4v) is 2.38. The van der Waals surface area contributed by atoms with E-state index in [1.165, 1.54) is 6.07 Å². The molecule has 2 heterocycles. The molecule has 10 heteroatoms. The Hall–Kier alpha value is -2.36. The van der Waals surface area contributed by atoms with Crippen LogP contribution in [0.5, 0.6) is 0 Å². The van der Waals surface area contributed by atoms with Gasteiger partial charge in [0, 0.05) is 18.5 Å². The number of aliphatic carboxylic acids is 1. The number of amides is 1. The summed E-state index contributed by atoms with van der Waals surface area (Å²) in [5, 5.41) is 12.7. The Balaban J connectivity index is 0.000000236. The van der Waals surface area contributed by atoms with Crippen LogP contribution in [0.1, 0.15) is 12.0 Å². The normalized spacial score (nSPS) is 22.5. The summed E-state index contributed by atoms with van der Waals surface area (Å²) in [4.78, 5) is 20.3. The van der Waals surface area contributed by atoms with E-state index in [0.717, 1.165) is 12.1 Å². The van der Waals surface area contributed by atoms with Gasteiger partial charge in [-0.05, 0) is 12.6 Å². The Morgan fingerprint density at radius 3 is 2.52 bits per heavy atom. The molecule has 0 aromatic heterocycles. The predicted octanol–water partition coefficient (Wildman–Crippen LogP) is 2.21. The quantitative estimate of drug-likeness (QED) is 0.632. The average Bonchev–Trinajstić information content (AvgIpc) is 2.89. The fourth-order valence-electron chi connectivity index (χ4n) is 2.38. The smallest absolute Gasteiger partial charge is 0.475 e. The molecule has 0 saturated carbocycles. The number of benzene rings is 1. The van der Waals surface area contributed by atoms with Crippen LogP contribution < -0.4 is 10.6 Å². The van der Waals surface area contributed by atoms with Crippen LogP contribution in [0, 0.1) is 5.82 Å². The van der Waals surface area contributed by atoms with Crippen molar-refractivity contribution >= 4 is 17.7 Å². The first-order valence-electron chi connectivity index (χ1n) is 6.45. The minimum absolute atomic E-state index is 0.252. The number of nitrogens with one attached hydrogen (secondary N) is 2. The van der Waals surface area contributed by atoms with Gasteiger partial charge in [0.15, 0.2) is 5.60 Å². The first kappa shape index (κ1) is 17.0. The molecule has 3 N–H and O–H groups in total. The van der Waals surface area contributed by atoms with E-state index in [4.69, 9.17) is 14.6 Å². The number of halogens is 4. The molecule has 0 aliphatic carbocycles. The van der Waals surface area contributed by atoms with Gasteiger partial charge in [0.05, 0.1) is 5.69 Å². The fraction of sp³-hybridized carbons (Fsp3) is 0.385. The molecule has 126 valence electrons. The number of rotatable bonds is 0. The standard InChI is InChI=1S/C11H11FN2O2.C2HF3O2/c12-8-3-1-2-7-9(8)14-10(15)16-11(7)4-5-13-6-11;3-2(4,5)1(6)7/h1-3,13H,4-6H2,(H,14,15);(H,6,7). The lowest BCUT2D eigenvalue weighted by atomic mass is 9.90. The maximum Gasteiger partial charge on any atom is 0.490 e. The molecule has 0 bridgehead atoms. The SMILES string of the molecule is O=C(O)C(F)(F)F.O=C1Nc2c(F)cccc2C2(CCNC2)O1. The second kappa shape index (κ2) is 6.03. The summed E-state index contributed by atoms with van der Waals surface area (Å²) in [7, 11) is 0. The lowest BCUT2D eigenvalue weighted by Gasteiger charge is -2.34. The summed E-state index contributed by atoms with van der Waals surface area (Å²) in [6.45, 7) is 1.31. The van der Waals surface area contributed by atoms with Gasteiger partial charge >= 0.3 is 18.2 Å². The maximum absolute atomic E-state index is 13.6. The minimum atomic E-state index is -5.08. The second-order valence-electron chi connectivity index (χ2n) is 4.90. The number of ether oxygens (including phenoxy) is 1. The molecule has 3 rings (SSSR count). The number of hydrogen-bond acceptors (Lipinski definition) is 4. The summed E-state index contributed by atoms with van der Waals surface area (Å²) >= 11 is 0. The Labute approximate surface area is 127 Å². The van der Waals surface area contributed by atoms with Crippen LogP contribution in [0.15, 0.2) is 18.2 Å². The zero-order valence-corrected chi connectivity index (χ0v) is 11.5. The molecule has 2 aliphatic heterocycles. The highest BCUT2D eigenvalue weighted by molar-refractivity contribution is 5.89. The molecule has 1 spiro atoms. The van der Waals surface area contributed by atoms with Gasteiger partial charge in [-0.3, -0.25) is 5.32 Å². The van der Waals surface area contributed by atoms with Crippen molar-refractivity contribution in [1.82, 2.24) is 5.32 Å². The number of fused-ring (bicyclic) bond motifs is 2. The molecule has 1 aromatic carbocycles. The Morgan fingerprint density at radius 1 is 1.35 bits per heavy atom. The van der Waals surface area contributed by atoms with E-state index in [9.17, 15) is 22.4 Å². The number of para-hydroxylation sites is 1. The Morgan fingerprint density at radius 2 is 2.00 bits per heavy atom. The van der Waals surface area contributed by atoms with E-state index >= 15 is 0 Å². The second-order valence-corrected chi connectivity index (χ2v) is 4.90. The van der Waals surface area contributed by atoms with E-state index in [-0.39, 0.29) is 5.69 Å². The highest BCUT2D eigenvalue weighted by atomic mass is 19.4. The highest BCUT2D eigenvalue weighted by Crippen LogP contribution is 2.41. The van der Waals surface area contributed by atoms with E-state index in [2.05, 4.69) is 10.6 Å². The number of anilines is 1. The van der Waals surface area contributed by atoms with Gasteiger partial charge in [0.2, 0.25) is 0 Å². The van der Waals surface area contributed by atoms with Crippen molar-refractivity contribution in [2.24, 2.45) is 0 Å². The van der Waals surface area contributed by atoms with Gasteiger partial charge < -0.3 is 15.2 Å². The molecule has 1 fully saturated rings. The predicted molar refractivity (Wildman–Crippen MR) is 69.4 cm³/mol. The number of carboxylic acids is 1. The van der Waals surface area contributed by atoms with Crippen LogP contribution >= 0.6 is 0 Å². The third-order valence-electron chi connectivity index (χ3n) is 3.38. The summed E-state index contributed by atoms with van der Waals surface area (Å²) in [5.74, 6) is -3.17. The number of carbonyl (C=O) groups is 2. The Kier molecular flexibility index (Phi) is 4.46.